The molecule has 1 heterocycles. The topological polar surface area (TPSA) is 69.0 Å². The fraction of sp³-hybridized carbons (Fsp3) is 0.286. The molecule has 0 bridgehead atoms. The van der Waals surface area contributed by atoms with E-state index in [1.807, 2.05) is 43.5 Å². The molecule has 0 radical (unpaired) electrons. The van der Waals surface area contributed by atoms with E-state index in [1.54, 1.807) is 18.2 Å². The summed E-state index contributed by atoms with van der Waals surface area (Å²) in [6.45, 7) is 6.75. The molecule has 3 rings (SSSR count). The highest BCUT2D eigenvalue weighted by Crippen LogP contribution is 2.25. The number of rotatable bonds is 8. The van der Waals surface area contributed by atoms with Gasteiger partial charge in [0.25, 0.3) is 0 Å². The first kappa shape index (κ1) is 22.5. The van der Waals surface area contributed by atoms with Crippen molar-refractivity contribution in [3.63, 3.8) is 0 Å². The number of hydrogen-bond acceptors (Lipinski definition) is 5. The largest absolute Gasteiger partial charge is 0.485 e. The molecule has 0 unspecified atom stereocenters. The number of carbonyl (C=O) groups excluding carboxylic acids is 1. The molecule has 0 aliphatic carbocycles. The van der Waals surface area contributed by atoms with Crippen LogP contribution in [-0.2, 0) is 17.9 Å². The molecule has 0 atom stereocenters. The van der Waals surface area contributed by atoms with E-state index < -0.39 is 0 Å². The molecule has 0 aliphatic rings. The molecule has 9 heteroatoms. The third-order valence-electron chi connectivity index (χ3n) is 4.48. The van der Waals surface area contributed by atoms with E-state index in [4.69, 9.17) is 27.9 Å². The number of aromatic nitrogens is 3. The van der Waals surface area contributed by atoms with Crippen molar-refractivity contribution >= 4 is 46.6 Å². The normalized spacial score (nSPS) is 10.8. The third-order valence-corrected chi connectivity index (χ3v) is 6.09. The predicted molar refractivity (Wildman–Crippen MR) is 122 cm³/mol. The first-order valence-electron chi connectivity index (χ1n) is 9.37. The number of ether oxygens (including phenoxy) is 1. The zero-order chi connectivity index (χ0) is 21.7. The smallest absolute Gasteiger partial charge is 0.234 e. The lowest BCUT2D eigenvalue weighted by molar-refractivity contribution is -0.113. The second kappa shape index (κ2) is 10.2. The number of carbonyl (C=O) groups is 1. The van der Waals surface area contributed by atoms with Crippen molar-refractivity contribution in [3.05, 3.63) is 63.4 Å². The summed E-state index contributed by atoms with van der Waals surface area (Å²) in [5, 5.41) is 13.3. The van der Waals surface area contributed by atoms with Gasteiger partial charge in [0.1, 0.15) is 12.4 Å². The molecule has 0 aliphatic heterocycles. The molecular formula is C21H22Cl2N4O2S. The van der Waals surface area contributed by atoms with Crippen LogP contribution in [0.5, 0.6) is 5.75 Å². The minimum Gasteiger partial charge on any atom is -0.485 e. The maximum atomic E-state index is 12.4. The summed E-state index contributed by atoms with van der Waals surface area (Å²) in [6.07, 6.45) is 0. The van der Waals surface area contributed by atoms with E-state index in [2.05, 4.69) is 15.5 Å². The number of halogens is 2. The number of nitrogens with one attached hydrogen (secondary N) is 1. The maximum absolute atomic E-state index is 12.4. The molecule has 30 heavy (non-hydrogen) atoms. The Hall–Kier alpha value is -2.22. The van der Waals surface area contributed by atoms with Crippen molar-refractivity contribution in [1.29, 1.82) is 0 Å². The molecular weight excluding hydrogens is 443 g/mol. The van der Waals surface area contributed by atoms with Crippen molar-refractivity contribution in [3.8, 4) is 5.75 Å². The Morgan fingerprint density at radius 1 is 1.20 bits per heavy atom. The summed E-state index contributed by atoms with van der Waals surface area (Å²) in [7, 11) is 0. The number of nitrogens with zero attached hydrogens (tertiary/aromatic N) is 3. The number of thioether (sulfide) groups is 1. The minimum atomic E-state index is -0.134. The number of hydrogen-bond donors (Lipinski definition) is 1. The summed E-state index contributed by atoms with van der Waals surface area (Å²) in [6, 6.07) is 10.9. The summed E-state index contributed by atoms with van der Waals surface area (Å²) >= 11 is 13.4. The van der Waals surface area contributed by atoms with Crippen molar-refractivity contribution in [2.45, 2.75) is 39.1 Å². The van der Waals surface area contributed by atoms with Crippen LogP contribution in [0.15, 0.2) is 41.6 Å². The van der Waals surface area contributed by atoms with E-state index in [1.165, 1.54) is 11.8 Å². The summed E-state index contributed by atoms with van der Waals surface area (Å²) in [4.78, 5) is 12.4. The van der Waals surface area contributed by atoms with Gasteiger partial charge in [0.05, 0.1) is 5.75 Å². The Morgan fingerprint density at radius 3 is 2.73 bits per heavy atom. The average Bonchev–Trinajstić information content (AvgIpc) is 3.11. The first-order valence-corrected chi connectivity index (χ1v) is 11.1. The molecule has 1 N–H and O–H groups in total. The highest BCUT2D eigenvalue weighted by atomic mass is 35.5. The van der Waals surface area contributed by atoms with Gasteiger partial charge in [-0.25, -0.2) is 0 Å². The van der Waals surface area contributed by atoms with E-state index >= 15 is 0 Å². The Kier molecular flexibility index (Phi) is 7.64. The Morgan fingerprint density at radius 2 is 2.00 bits per heavy atom. The highest BCUT2D eigenvalue weighted by Gasteiger charge is 2.15. The van der Waals surface area contributed by atoms with Crippen LogP contribution in [0, 0.1) is 13.8 Å². The molecule has 1 amide bonds. The van der Waals surface area contributed by atoms with Gasteiger partial charge in [-0.15, -0.1) is 10.2 Å². The summed E-state index contributed by atoms with van der Waals surface area (Å²) in [5.41, 5.74) is 2.50. The molecule has 3 aromatic rings. The van der Waals surface area contributed by atoms with Crippen molar-refractivity contribution in [2.75, 3.05) is 11.1 Å². The van der Waals surface area contributed by atoms with Crippen LogP contribution >= 0.6 is 35.0 Å². The molecule has 1 aromatic heterocycles. The first-order chi connectivity index (χ1) is 14.4. The Balaban J connectivity index is 1.61. The molecule has 2 aromatic carbocycles. The molecule has 0 spiro atoms. The standard InChI is InChI=1S/C21H22Cl2N4O2S/c1-4-27-19(11-29-18-9-8-15(22)10-13(18)2)25-26-21(27)30-12-20(28)24-17-7-5-6-16(23)14(17)3/h5-10H,4,11-12H2,1-3H3,(H,24,28). The fourth-order valence-electron chi connectivity index (χ4n) is 2.83. The van der Waals surface area contributed by atoms with E-state index in [0.29, 0.717) is 33.3 Å². The Bertz CT molecular complexity index is 1060. The number of anilines is 1. The zero-order valence-corrected chi connectivity index (χ0v) is 19.2. The van der Waals surface area contributed by atoms with Crippen LogP contribution in [0.2, 0.25) is 10.0 Å². The lowest BCUT2D eigenvalue weighted by atomic mass is 10.2. The molecule has 0 saturated heterocycles. The molecule has 158 valence electrons. The minimum absolute atomic E-state index is 0.134. The van der Waals surface area contributed by atoms with Crippen LogP contribution in [-0.4, -0.2) is 26.4 Å². The molecule has 0 fully saturated rings. The number of benzene rings is 2. The van der Waals surface area contributed by atoms with Crippen molar-refractivity contribution in [1.82, 2.24) is 14.8 Å². The van der Waals surface area contributed by atoms with Crippen LogP contribution in [0.1, 0.15) is 23.9 Å². The predicted octanol–water partition coefficient (Wildman–Crippen LogP) is 5.53. The van der Waals surface area contributed by atoms with Crippen LogP contribution in [0.25, 0.3) is 0 Å². The SMILES string of the molecule is CCn1c(COc2ccc(Cl)cc2C)nnc1SCC(=O)Nc1cccc(Cl)c1C. The number of amides is 1. The molecule has 0 saturated carbocycles. The maximum Gasteiger partial charge on any atom is 0.234 e. The Labute approximate surface area is 189 Å². The zero-order valence-electron chi connectivity index (χ0n) is 16.9. The monoisotopic (exact) mass is 464 g/mol. The van der Waals surface area contributed by atoms with Gasteiger partial charge in [-0.1, -0.05) is 41.0 Å². The van der Waals surface area contributed by atoms with E-state index in [0.717, 1.165) is 16.9 Å². The quantitative estimate of drug-likeness (QED) is 0.443. The van der Waals surface area contributed by atoms with Gasteiger partial charge in [0.2, 0.25) is 5.91 Å². The van der Waals surface area contributed by atoms with Gasteiger partial charge in [0.15, 0.2) is 11.0 Å². The summed E-state index contributed by atoms with van der Waals surface area (Å²) in [5.74, 6) is 1.52. The molecule has 6 nitrogen and oxygen atoms in total. The van der Waals surface area contributed by atoms with Crippen molar-refractivity contribution < 1.29 is 9.53 Å². The lowest BCUT2D eigenvalue weighted by Crippen LogP contribution is -2.15. The average molecular weight is 465 g/mol. The van der Waals surface area contributed by atoms with Gasteiger partial charge < -0.3 is 14.6 Å². The van der Waals surface area contributed by atoms with Gasteiger partial charge in [-0.05, 0) is 62.2 Å². The van der Waals surface area contributed by atoms with Crippen LogP contribution < -0.4 is 10.1 Å². The van der Waals surface area contributed by atoms with Gasteiger partial charge in [-0.3, -0.25) is 4.79 Å². The van der Waals surface area contributed by atoms with Gasteiger partial charge in [-0.2, -0.15) is 0 Å². The van der Waals surface area contributed by atoms with Crippen LogP contribution in [0.4, 0.5) is 5.69 Å². The second-order valence-electron chi connectivity index (χ2n) is 6.59. The number of aryl methyl sites for hydroxylation is 1. The summed E-state index contributed by atoms with van der Waals surface area (Å²) < 4.78 is 7.82. The fourth-order valence-corrected chi connectivity index (χ4v) is 4.05. The van der Waals surface area contributed by atoms with Gasteiger partial charge >= 0.3 is 0 Å². The van der Waals surface area contributed by atoms with Crippen molar-refractivity contribution in [2.24, 2.45) is 0 Å². The van der Waals surface area contributed by atoms with Gasteiger partial charge in [0, 0.05) is 22.3 Å². The second-order valence-corrected chi connectivity index (χ2v) is 8.38. The third kappa shape index (κ3) is 5.47. The lowest BCUT2D eigenvalue weighted by Gasteiger charge is -2.11. The highest BCUT2D eigenvalue weighted by molar-refractivity contribution is 7.99. The van der Waals surface area contributed by atoms with E-state index in [-0.39, 0.29) is 18.3 Å². The van der Waals surface area contributed by atoms with Crippen LogP contribution in [0.3, 0.4) is 0 Å². The van der Waals surface area contributed by atoms with E-state index in [9.17, 15) is 4.79 Å².